The minimum absolute atomic E-state index is 0.134. The first-order valence-corrected chi connectivity index (χ1v) is 16.5. The molecular weight excluding hydrogens is 586 g/mol. The fourth-order valence-corrected chi connectivity index (χ4v) is 7.96. The average Bonchev–Trinajstić information content (AvgIpc) is 3.67. The normalized spacial score (nSPS) is 23.9. The lowest BCUT2D eigenvalue weighted by molar-refractivity contribution is -0.128. The van der Waals surface area contributed by atoms with Gasteiger partial charge in [0.05, 0.1) is 17.3 Å². The van der Waals surface area contributed by atoms with Gasteiger partial charge >= 0.3 is 6.01 Å². The Balaban J connectivity index is 1.16. The topological polar surface area (TPSA) is 69.4 Å². The summed E-state index contributed by atoms with van der Waals surface area (Å²) in [5.41, 5.74) is 3.15. The fourth-order valence-electron chi connectivity index (χ4n) is 7.68. The molecule has 2 aliphatic carbocycles. The van der Waals surface area contributed by atoms with Crippen molar-refractivity contribution in [1.29, 1.82) is 0 Å². The number of carbonyl (C=O) groups excluding carboxylic acids is 1. The van der Waals surface area contributed by atoms with Crippen molar-refractivity contribution in [3.05, 3.63) is 76.8 Å². The molecule has 1 saturated heterocycles. The molecule has 7 rings (SSSR count). The van der Waals surface area contributed by atoms with E-state index in [0.717, 1.165) is 69.9 Å². The van der Waals surface area contributed by atoms with Crippen molar-refractivity contribution < 1.29 is 9.53 Å². The molecule has 0 radical (unpaired) electrons. The molecule has 9 nitrogen and oxygen atoms in total. The number of piperazine rings is 1. The Hall–Kier alpha value is -3.87. The van der Waals surface area contributed by atoms with E-state index in [4.69, 9.17) is 32.9 Å². The highest BCUT2D eigenvalue weighted by molar-refractivity contribution is 6.36. The Kier molecular flexibility index (Phi) is 8.28. The SMILES string of the molecule is [C-]#[N+]C[C@H]1CN(c2nc(OCCN(C)C3CC4CC4C3)nc3c2CCN(c2cccc4cccc(Cl)c24)C3)CCN1C(=O)C=C. The van der Waals surface area contributed by atoms with Crippen molar-refractivity contribution in [3.8, 4) is 6.01 Å². The van der Waals surface area contributed by atoms with Crippen LogP contribution in [0.2, 0.25) is 5.02 Å². The molecule has 45 heavy (non-hydrogen) atoms. The third-order valence-electron chi connectivity index (χ3n) is 10.3. The number of fused-ring (bicyclic) bond motifs is 3. The van der Waals surface area contributed by atoms with Crippen molar-refractivity contribution >= 4 is 39.8 Å². The Morgan fingerprint density at radius 1 is 1.13 bits per heavy atom. The minimum atomic E-state index is -0.235. The van der Waals surface area contributed by atoms with Gasteiger partial charge in [-0.2, -0.15) is 9.97 Å². The first kappa shape index (κ1) is 29.8. The molecule has 2 aliphatic heterocycles. The Morgan fingerprint density at radius 3 is 2.71 bits per heavy atom. The van der Waals surface area contributed by atoms with Gasteiger partial charge in [0.2, 0.25) is 12.5 Å². The van der Waals surface area contributed by atoms with Crippen LogP contribution >= 0.6 is 11.6 Å². The molecule has 1 amide bonds. The molecule has 0 spiro atoms. The van der Waals surface area contributed by atoms with Crippen LogP contribution in [0.25, 0.3) is 15.6 Å². The van der Waals surface area contributed by atoms with Gasteiger partial charge < -0.3 is 29.2 Å². The highest BCUT2D eigenvalue weighted by Gasteiger charge is 2.46. The van der Waals surface area contributed by atoms with Crippen molar-refractivity contribution in [2.24, 2.45) is 11.8 Å². The monoisotopic (exact) mass is 625 g/mol. The van der Waals surface area contributed by atoms with E-state index in [9.17, 15) is 4.79 Å². The minimum Gasteiger partial charge on any atom is -0.462 e. The molecule has 3 atom stereocenters. The second-order valence-corrected chi connectivity index (χ2v) is 13.3. The van der Waals surface area contributed by atoms with Gasteiger partial charge in [-0.3, -0.25) is 4.79 Å². The van der Waals surface area contributed by atoms with Crippen LogP contribution in [0, 0.1) is 18.4 Å². The van der Waals surface area contributed by atoms with Crippen LogP contribution in [-0.2, 0) is 17.8 Å². The number of carbonyl (C=O) groups is 1. The molecule has 1 aromatic heterocycles. The summed E-state index contributed by atoms with van der Waals surface area (Å²) in [5.74, 6) is 2.61. The first-order valence-electron chi connectivity index (χ1n) is 16.1. The third-order valence-corrected chi connectivity index (χ3v) is 10.6. The van der Waals surface area contributed by atoms with E-state index in [0.29, 0.717) is 44.8 Å². The predicted molar refractivity (Wildman–Crippen MR) is 178 cm³/mol. The molecule has 0 N–H and O–H groups in total. The summed E-state index contributed by atoms with van der Waals surface area (Å²) in [4.78, 5) is 35.0. The van der Waals surface area contributed by atoms with Gasteiger partial charge in [-0.1, -0.05) is 42.4 Å². The lowest BCUT2D eigenvalue weighted by atomic mass is 10.0. The maximum Gasteiger partial charge on any atom is 0.318 e. The van der Waals surface area contributed by atoms with Crippen LogP contribution in [-0.4, -0.2) is 90.7 Å². The van der Waals surface area contributed by atoms with Gasteiger partial charge in [0, 0.05) is 55.4 Å². The molecular formula is C35H40ClN7O2. The largest absolute Gasteiger partial charge is 0.462 e. The van der Waals surface area contributed by atoms with E-state index in [1.807, 2.05) is 12.1 Å². The summed E-state index contributed by atoms with van der Waals surface area (Å²) in [5, 5.41) is 2.90. The summed E-state index contributed by atoms with van der Waals surface area (Å²) < 4.78 is 6.30. The highest BCUT2D eigenvalue weighted by atomic mass is 35.5. The number of anilines is 2. The lowest BCUT2D eigenvalue weighted by Gasteiger charge is -2.41. The molecule has 2 aromatic carbocycles. The number of likely N-dealkylation sites (N-methyl/N-ethyl adjacent to an activating group) is 1. The predicted octanol–water partition coefficient (Wildman–Crippen LogP) is 5.08. The summed E-state index contributed by atoms with van der Waals surface area (Å²) >= 11 is 6.72. The van der Waals surface area contributed by atoms with Gasteiger partial charge in [0.25, 0.3) is 0 Å². The molecule has 2 unspecified atom stereocenters. The second kappa shape index (κ2) is 12.5. The summed E-state index contributed by atoms with van der Waals surface area (Å²) in [6.45, 7) is 15.8. The Labute approximate surface area is 270 Å². The van der Waals surface area contributed by atoms with E-state index in [2.05, 4.69) is 57.4 Å². The number of nitrogens with zero attached hydrogens (tertiary/aromatic N) is 7. The number of benzene rings is 2. The molecule has 4 aliphatic rings. The zero-order valence-electron chi connectivity index (χ0n) is 25.9. The van der Waals surface area contributed by atoms with Gasteiger partial charge in [-0.25, -0.2) is 6.57 Å². The second-order valence-electron chi connectivity index (χ2n) is 12.9. The number of hydrogen-bond acceptors (Lipinski definition) is 7. The van der Waals surface area contributed by atoms with Crippen molar-refractivity contribution in [2.45, 2.75) is 44.3 Å². The lowest BCUT2D eigenvalue weighted by Crippen LogP contribution is -2.56. The molecule has 2 saturated carbocycles. The number of hydrogen-bond donors (Lipinski definition) is 0. The molecule has 3 heterocycles. The first-order chi connectivity index (χ1) is 21.9. The number of rotatable bonds is 9. The van der Waals surface area contributed by atoms with Gasteiger partial charge in [0.1, 0.15) is 18.5 Å². The Bertz CT molecular complexity index is 1640. The number of amides is 1. The van der Waals surface area contributed by atoms with Gasteiger partial charge in [0.15, 0.2) is 0 Å². The molecule has 234 valence electrons. The average molecular weight is 626 g/mol. The van der Waals surface area contributed by atoms with E-state index >= 15 is 0 Å². The van der Waals surface area contributed by atoms with E-state index in [-0.39, 0.29) is 18.5 Å². The van der Waals surface area contributed by atoms with Crippen LogP contribution < -0.4 is 14.5 Å². The van der Waals surface area contributed by atoms with Gasteiger partial charge in [-0.15, -0.1) is 0 Å². The van der Waals surface area contributed by atoms with Crippen molar-refractivity contribution in [2.75, 3.05) is 62.7 Å². The smallest absolute Gasteiger partial charge is 0.318 e. The quantitative estimate of drug-likeness (QED) is 0.243. The van der Waals surface area contributed by atoms with Crippen LogP contribution in [0.5, 0.6) is 6.01 Å². The molecule has 3 fully saturated rings. The highest BCUT2D eigenvalue weighted by Crippen LogP contribution is 2.52. The van der Waals surface area contributed by atoms with Crippen LogP contribution in [0.4, 0.5) is 11.5 Å². The maximum atomic E-state index is 12.6. The molecule has 10 heteroatoms. The summed E-state index contributed by atoms with van der Waals surface area (Å²) in [7, 11) is 2.20. The summed E-state index contributed by atoms with van der Waals surface area (Å²) in [6.07, 6.45) is 6.13. The Morgan fingerprint density at radius 2 is 1.93 bits per heavy atom. The third kappa shape index (κ3) is 5.94. The number of aromatic nitrogens is 2. The number of ether oxygens (including phenoxy) is 1. The van der Waals surface area contributed by atoms with Crippen LogP contribution in [0.3, 0.4) is 0 Å². The molecule has 0 bridgehead atoms. The standard InChI is InChI=1S/C35H40ClN7O2/c1-4-32(44)43-14-13-42(21-27(43)20-37-2)34-28-11-12-41(31-10-6-8-23-7-5-9-29(36)33(23)31)22-30(28)38-35(39-34)45-16-15-40(3)26-18-24-17-25(24)19-26/h4-10,24-27H,1,11-22H2,3H3/t24?,25?,26?,27-/m0/s1. The maximum absolute atomic E-state index is 12.6. The number of halogens is 1. The zero-order chi connectivity index (χ0) is 31.1. The van der Waals surface area contributed by atoms with Crippen LogP contribution in [0.1, 0.15) is 30.5 Å². The van der Waals surface area contributed by atoms with Crippen molar-refractivity contribution in [3.63, 3.8) is 0 Å². The fraction of sp³-hybridized carbons (Fsp3) is 0.486. The van der Waals surface area contributed by atoms with E-state index in [1.165, 1.54) is 25.3 Å². The van der Waals surface area contributed by atoms with E-state index in [1.54, 1.807) is 4.90 Å². The van der Waals surface area contributed by atoms with Gasteiger partial charge in [-0.05, 0) is 68.2 Å². The van der Waals surface area contributed by atoms with E-state index < -0.39 is 0 Å². The summed E-state index contributed by atoms with van der Waals surface area (Å²) in [6, 6.07) is 13.1. The van der Waals surface area contributed by atoms with Crippen LogP contribution in [0.15, 0.2) is 49.1 Å². The zero-order valence-corrected chi connectivity index (χ0v) is 26.6. The molecule has 3 aromatic rings. The van der Waals surface area contributed by atoms with Crippen molar-refractivity contribution in [1.82, 2.24) is 19.8 Å².